The number of anilines is 1. The molecule has 3 aliphatic rings. The summed E-state index contributed by atoms with van der Waals surface area (Å²) < 4.78 is 7.45. The molecule has 3 aromatic rings. The van der Waals surface area contributed by atoms with Crippen molar-refractivity contribution in [3.8, 4) is 5.75 Å². The Hall–Kier alpha value is -3.85. The summed E-state index contributed by atoms with van der Waals surface area (Å²) in [4.78, 5) is 42.2. The van der Waals surface area contributed by atoms with Crippen molar-refractivity contribution < 1.29 is 19.4 Å². The summed E-state index contributed by atoms with van der Waals surface area (Å²) in [5.41, 5.74) is 5.95. The minimum Gasteiger partial charge on any atom is -0.454 e. The average molecular weight is 475 g/mol. The fourth-order valence-electron chi connectivity index (χ4n) is 5.59. The Kier molecular flexibility index (Phi) is 4.24. The van der Waals surface area contributed by atoms with E-state index in [2.05, 4.69) is 17.2 Å². The summed E-state index contributed by atoms with van der Waals surface area (Å²) in [6.07, 6.45) is 2.34. The normalized spacial score (nSPS) is 25.0. The topological polar surface area (TPSA) is 139 Å². The van der Waals surface area contributed by atoms with Gasteiger partial charge in [0, 0.05) is 29.6 Å². The van der Waals surface area contributed by atoms with Gasteiger partial charge in [-0.1, -0.05) is 31.2 Å². The van der Waals surface area contributed by atoms with Crippen LogP contribution in [0.2, 0.25) is 0 Å². The number of ketones is 1. The number of H-pyrrole nitrogens is 1. The Morgan fingerprint density at radius 1 is 1.26 bits per heavy atom. The third kappa shape index (κ3) is 2.64. The van der Waals surface area contributed by atoms with E-state index >= 15 is 0 Å². The average Bonchev–Trinajstić information content (AvgIpc) is 3.57. The van der Waals surface area contributed by atoms with Crippen LogP contribution in [0.4, 0.5) is 5.69 Å². The van der Waals surface area contributed by atoms with Gasteiger partial charge in [0.1, 0.15) is 11.4 Å². The highest BCUT2D eigenvalue weighted by atomic mass is 16.6. The van der Waals surface area contributed by atoms with Gasteiger partial charge in [0.05, 0.1) is 5.56 Å². The number of nitrogen functional groups attached to an aromatic ring is 1. The summed E-state index contributed by atoms with van der Waals surface area (Å²) in [5.74, 6) is -2.26. The SMILES string of the molecule is Cc1c(C(=O)N[C@]23C(=O)c4c(N)cccc4[C@@]2(O)Oc2cc(C(C)C4CC4)ccc23)[nH]c(=O)n1C. The molecule has 2 heterocycles. The zero-order valence-electron chi connectivity index (χ0n) is 19.6. The number of ether oxygens (including phenoxy) is 1. The summed E-state index contributed by atoms with van der Waals surface area (Å²) >= 11 is 0. The van der Waals surface area contributed by atoms with Crippen LogP contribution in [0.3, 0.4) is 0 Å². The second-order valence-electron chi connectivity index (χ2n) is 9.88. The molecular weight excluding hydrogens is 448 g/mol. The number of Topliss-reactive ketones (excluding diaryl/α,β-unsaturated/α-hetero) is 1. The van der Waals surface area contributed by atoms with Crippen molar-refractivity contribution in [2.24, 2.45) is 13.0 Å². The number of benzene rings is 2. The molecule has 0 radical (unpaired) electrons. The summed E-state index contributed by atoms with van der Waals surface area (Å²) in [6.45, 7) is 3.77. The van der Waals surface area contributed by atoms with E-state index in [1.54, 1.807) is 31.2 Å². The number of carbonyl (C=O) groups is 2. The van der Waals surface area contributed by atoms with Crippen molar-refractivity contribution in [3.05, 3.63) is 80.5 Å². The van der Waals surface area contributed by atoms with Crippen molar-refractivity contribution in [2.45, 2.75) is 43.9 Å². The summed E-state index contributed by atoms with van der Waals surface area (Å²) in [5, 5.41) is 14.8. The van der Waals surface area contributed by atoms with Crippen LogP contribution in [-0.4, -0.2) is 26.3 Å². The molecule has 1 amide bonds. The van der Waals surface area contributed by atoms with Crippen LogP contribution in [0.5, 0.6) is 5.75 Å². The van der Waals surface area contributed by atoms with E-state index < -0.39 is 28.7 Å². The Labute approximate surface area is 200 Å². The number of imidazole rings is 1. The number of nitrogens with one attached hydrogen (secondary N) is 2. The van der Waals surface area contributed by atoms with Gasteiger partial charge >= 0.3 is 5.69 Å². The monoisotopic (exact) mass is 474 g/mol. The Bertz CT molecular complexity index is 1500. The number of fused-ring (bicyclic) bond motifs is 5. The molecule has 1 aliphatic heterocycles. The highest BCUT2D eigenvalue weighted by molar-refractivity contribution is 6.16. The Balaban J connectivity index is 1.54. The first-order valence-corrected chi connectivity index (χ1v) is 11.7. The quantitative estimate of drug-likeness (QED) is 0.428. The predicted octanol–water partition coefficient (Wildman–Crippen LogP) is 2.18. The number of nitrogens with two attached hydrogens (primary N) is 1. The van der Waals surface area contributed by atoms with Gasteiger partial charge in [-0.25, -0.2) is 4.79 Å². The van der Waals surface area contributed by atoms with Gasteiger partial charge in [0.2, 0.25) is 11.3 Å². The van der Waals surface area contributed by atoms with E-state index in [-0.39, 0.29) is 22.5 Å². The molecule has 9 nitrogen and oxygen atoms in total. The lowest BCUT2D eigenvalue weighted by atomic mass is 9.81. The molecule has 35 heavy (non-hydrogen) atoms. The molecule has 2 aromatic carbocycles. The molecule has 180 valence electrons. The highest BCUT2D eigenvalue weighted by Crippen LogP contribution is 2.59. The Morgan fingerprint density at radius 3 is 2.66 bits per heavy atom. The third-order valence-corrected chi connectivity index (χ3v) is 7.99. The molecule has 0 bridgehead atoms. The van der Waals surface area contributed by atoms with Crippen LogP contribution in [0.1, 0.15) is 68.9 Å². The molecule has 0 spiro atoms. The van der Waals surface area contributed by atoms with Gasteiger partial charge < -0.3 is 25.9 Å². The number of carbonyl (C=O) groups excluding carboxylic acids is 2. The van der Waals surface area contributed by atoms with Gasteiger partial charge in [-0.05, 0) is 49.3 Å². The molecule has 2 aliphatic carbocycles. The second kappa shape index (κ2) is 6.85. The van der Waals surface area contributed by atoms with Crippen molar-refractivity contribution in [2.75, 3.05) is 5.73 Å². The van der Waals surface area contributed by atoms with Crippen LogP contribution in [-0.2, 0) is 18.4 Å². The molecular formula is C26H26N4O5. The zero-order chi connectivity index (χ0) is 24.9. The maximum atomic E-state index is 14.0. The van der Waals surface area contributed by atoms with E-state index in [1.165, 1.54) is 24.5 Å². The first-order chi connectivity index (χ1) is 16.6. The minimum absolute atomic E-state index is 0.00150. The minimum atomic E-state index is -2.21. The third-order valence-electron chi connectivity index (χ3n) is 7.99. The second-order valence-corrected chi connectivity index (χ2v) is 9.88. The molecule has 3 atom stereocenters. The van der Waals surface area contributed by atoms with Crippen molar-refractivity contribution in [1.82, 2.24) is 14.9 Å². The van der Waals surface area contributed by atoms with Gasteiger partial charge in [0.25, 0.3) is 11.7 Å². The van der Waals surface area contributed by atoms with Crippen LogP contribution >= 0.6 is 0 Å². The molecule has 1 unspecified atom stereocenters. The number of aliphatic hydroxyl groups is 1. The van der Waals surface area contributed by atoms with Crippen LogP contribution in [0.15, 0.2) is 41.2 Å². The van der Waals surface area contributed by atoms with Crippen molar-refractivity contribution in [1.29, 1.82) is 0 Å². The summed E-state index contributed by atoms with van der Waals surface area (Å²) in [6, 6.07) is 10.3. The maximum Gasteiger partial charge on any atom is 0.326 e. The van der Waals surface area contributed by atoms with E-state index in [4.69, 9.17) is 10.5 Å². The molecule has 1 aromatic heterocycles. The largest absolute Gasteiger partial charge is 0.454 e. The number of hydrogen-bond acceptors (Lipinski definition) is 6. The number of rotatable bonds is 4. The van der Waals surface area contributed by atoms with Crippen molar-refractivity contribution >= 4 is 17.4 Å². The molecule has 1 fully saturated rings. The van der Waals surface area contributed by atoms with E-state index in [9.17, 15) is 19.5 Å². The molecule has 9 heteroatoms. The van der Waals surface area contributed by atoms with Crippen LogP contribution in [0, 0.1) is 12.8 Å². The van der Waals surface area contributed by atoms with E-state index in [1.807, 2.05) is 12.1 Å². The van der Waals surface area contributed by atoms with E-state index in [0.29, 0.717) is 28.8 Å². The van der Waals surface area contributed by atoms with Gasteiger partial charge in [-0.15, -0.1) is 0 Å². The number of amides is 1. The van der Waals surface area contributed by atoms with E-state index in [0.717, 1.165) is 5.56 Å². The zero-order valence-corrected chi connectivity index (χ0v) is 19.6. The van der Waals surface area contributed by atoms with Gasteiger partial charge in [0.15, 0.2) is 0 Å². The van der Waals surface area contributed by atoms with Gasteiger partial charge in [-0.3, -0.25) is 14.2 Å². The maximum absolute atomic E-state index is 14.0. The van der Waals surface area contributed by atoms with Crippen LogP contribution in [0.25, 0.3) is 0 Å². The fraction of sp³-hybridized carbons (Fsp3) is 0.346. The number of aromatic nitrogens is 2. The lowest BCUT2D eigenvalue weighted by Crippen LogP contribution is -2.60. The summed E-state index contributed by atoms with van der Waals surface area (Å²) in [7, 11) is 1.54. The lowest BCUT2D eigenvalue weighted by molar-refractivity contribution is -0.169. The first-order valence-electron chi connectivity index (χ1n) is 11.7. The standard InChI is InChI=1S/C26H26N4O5/c1-12(14-7-8-14)15-9-10-16-19(11-15)35-26(34)17-5-4-6-18(27)20(17)22(31)25(16,26)29-23(32)21-13(2)30(3)24(33)28-21/h4-6,9-12,14,34H,7-8,27H2,1-3H3,(H,28,33)(H,29,32)/t12?,25-,26-/m1/s1. The van der Waals surface area contributed by atoms with Crippen molar-refractivity contribution in [3.63, 3.8) is 0 Å². The molecule has 0 saturated heterocycles. The number of hydrogen-bond donors (Lipinski definition) is 4. The number of aromatic amines is 1. The molecule has 1 saturated carbocycles. The fourth-order valence-corrected chi connectivity index (χ4v) is 5.59. The lowest BCUT2D eigenvalue weighted by Gasteiger charge is -2.34. The highest BCUT2D eigenvalue weighted by Gasteiger charge is 2.72. The van der Waals surface area contributed by atoms with Gasteiger partial charge in [-0.2, -0.15) is 0 Å². The first kappa shape index (κ1) is 21.7. The molecule has 5 N–H and O–H groups in total. The predicted molar refractivity (Wildman–Crippen MR) is 127 cm³/mol. The van der Waals surface area contributed by atoms with Crippen LogP contribution < -0.4 is 21.5 Å². The molecule has 6 rings (SSSR count). The Morgan fingerprint density at radius 2 is 2.00 bits per heavy atom. The smallest absolute Gasteiger partial charge is 0.326 e. The number of nitrogens with zero attached hydrogens (tertiary/aromatic N) is 1.